The Labute approximate surface area is 116 Å². The minimum absolute atomic E-state index is 0.105. The highest BCUT2D eigenvalue weighted by Crippen LogP contribution is 2.19. The van der Waals surface area contributed by atoms with Gasteiger partial charge >= 0.3 is 0 Å². The molecule has 0 saturated heterocycles. The topological polar surface area (TPSA) is 58.2 Å². The van der Waals surface area contributed by atoms with E-state index in [0.29, 0.717) is 11.4 Å². The van der Waals surface area contributed by atoms with E-state index in [4.69, 9.17) is 0 Å². The Kier molecular flexibility index (Phi) is 5.97. The van der Waals surface area contributed by atoms with E-state index in [1.54, 1.807) is 12.1 Å². The normalized spacial score (nSPS) is 12.1. The van der Waals surface area contributed by atoms with Crippen LogP contribution in [0.4, 0.5) is 0 Å². The maximum Gasteiger partial charge on any atom is 0.241 e. The van der Waals surface area contributed by atoms with Crippen molar-refractivity contribution < 1.29 is 8.42 Å². The molecule has 1 aromatic carbocycles. The van der Waals surface area contributed by atoms with Crippen molar-refractivity contribution in [1.29, 1.82) is 0 Å². The number of nitrogens with one attached hydrogen (secondary N) is 2. The lowest BCUT2D eigenvalue weighted by Gasteiger charge is -2.14. The molecule has 0 aliphatic carbocycles. The summed E-state index contributed by atoms with van der Waals surface area (Å²) in [5.74, 6) is 0. The minimum atomic E-state index is -3.42. The molecule has 2 N–H and O–H groups in total. The van der Waals surface area contributed by atoms with Gasteiger partial charge in [0.05, 0.1) is 4.90 Å². The van der Waals surface area contributed by atoms with Crippen LogP contribution in [0.3, 0.4) is 0 Å². The molecule has 0 aliphatic rings. The lowest BCUT2D eigenvalue weighted by molar-refractivity contribution is 0.568. The van der Waals surface area contributed by atoms with Crippen LogP contribution in [0.1, 0.15) is 38.3 Å². The van der Waals surface area contributed by atoms with Gasteiger partial charge in [0.1, 0.15) is 0 Å². The van der Waals surface area contributed by atoms with Crippen LogP contribution >= 0.6 is 0 Å². The molecule has 1 rings (SSSR count). The molecule has 0 aromatic heterocycles. The van der Waals surface area contributed by atoms with Crippen LogP contribution in [-0.2, 0) is 16.6 Å². The lowest BCUT2D eigenvalue weighted by atomic mass is 10.1. The zero-order valence-corrected chi connectivity index (χ0v) is 13.0. The molecule has 19 heavy (non-hydrogen) atoms. The van der Waals surface area contributed by atoms with Gasteiger partial charge in [0, 0.05) is 12.6 Å². The molecule has 0 heterocycles. The van der Waals surface area contributed by atoms with Crippen molar-refractivity contribution in [3.05, 3.63) is 29.3 Å². The molecule has 0 aliphatic heterocycles. The van der Waals surface area contributed by atoms with Crippen LogP contribution in [-0.4, -0.2) is 21.0 Å². The SMILES string of the molecule is CCCNCc1cccc(S(=O)(=O)NC(C)C)c1C. The lowest BCUT2D eigenvalue weighted by Crippen LogP contribution is -2.31. The van der Waals surface area contributed by atoms with Gasteiger partial charge < -0.3 is 5.32 Å². The van der Waals surface area contributed by atoms with Crippen molar-refractivity contribution in [3.8, 4) is 0 Å². The first kappa shape index (κ1) is 16.1. The summed E-state index contributed by atoms with van der Waals surface area (Å²) in [7, 11) is -3.42. The second-order valence-corrected chi connectivity index (χ2v) is 6.68. The molecule has 0 saturated carbocycles. The Morgan fingerprint density at radius 2 is 1.95 bits per heavy atom. The Morgan fingerprint density at radius 1 is 1.26 bits per heavy atom. The number of sulfonamides is 1. The van der Waals surface area contributed by atoms with Gasteiger partial charge in [0.2, 0.25) is 10.0 Å². The second-order valence-electron chi connectivity index (χ2n) is 4.99. The first-order chi connectivity index (χ1) is 8.88. The molecule has 0 unspecified atom stereocenters. The largest absolute Gasteiger partial charge is 0.313 e. The van der Waals surface area contributed by atoms with Crippen molar-refractivity contribution >= 4 is 10.0 Å². The molecule has 1 aromatic rings. The van der Waals surface area contributed by atoms with E-state index in [2.05, 4.69) is 17.0 Å². The monoisotopic (exact) mass is 284 g/mol. The van der Waals surface area contributed by atoms with E-state index >= 15 is 0 Å². The van der Waals surface area contributed by atoms with Gasteiger partial charge in [-0.15, -0.1) is 0 Å². The van der Waals surface area contributed by atoms with Gasteiger partial charge in [0.25, 0.3) is 0 Å². The number of rotatable bonds is 7. The van der Waals surface area contributed by atoms with Gasteiger partial charge in [0.15, 0.2) is 0 Å². The molecular weight excluding hydrogens is 260 g/mol. The van der Waals surface area contributed by atoms with E-state index in [1.165, 1.54) is 0 Å². The van der Waals surface area contributed by atoms with Gasteiger partial charge in [-0.3, -0.25) is 0 Å². The van der Waals surface area contributed by atoms with Crippen molar-refractivity contribution in [2.45, 2.75) is 51.6 Å². The van der Waals surface area contributed by atoms with Gasteiger partial charge in [-0.1, -0.05) is 19.1 Å². The maximum atomic E-state index is 12.2. The third kappa shape index (κ3) is 4.60. The van der Waals surface area contributed by atoms with Crippen LogP contribution in [0.2, 0.25) is 0 Å². The Balaban J connectivity index is 3.00. The zero-order valence-electron chi connectivity index (χ0n) is 12.2. The van der Waals surface area contributed by atoms with Gasteiger partial charge in [-0.2, -0.15) is 0 Å². The van der Waals surface area contributed by atoms with Crippen molar-refractivity contribution in [2.24, 2.45) is 0 Å². The molecular formula is C14H24N2O2S. The summed E-state index contributed by atoms with van der Waals surface area (Å²) in [6.45, 7) is 9.23. The molecule has 0 atom stereocenters. The van der Waals surface area contributed by atoms with Crippen LogP contribution in [0.5, 0.6) is 0 Å². The minimum Gasteiger partial charge on any atom is -0.313 e. The van der Waals surface area contributed by atoms with E-state index in [9.17, 15) is 8.42 Å². The van der Waals surface area contributed by atoms with E-state index in [1.807, 2.05) is 26.8 Å². The quantitative estimate of drug-likeness (QED) is 0.755. The Morgan fingerprint density at radius 3 is 2.53 bits per heavy atom. The first-order valence-electron chi connectivity index (χ1n) is 6.70. The summed E-state index contributed by atoms with van der Waals surface area (Å²) in [4.78, 5) is 0.372. The predicted octanol–water partition coefficient (Wildman–Crippen LogP) is 2.18. The van der Waals surface area contributed by atoms with Crippen LogP contribution in [0.25, 0.3) is 0 Å². The van der Waals surface area contributed by atoms with Crippen LogP contribution < -0.4 is 10.0 Å². The van der Waals surface area contributed by atoms with Gasteiger partial charge in [-0.25, -0.2) is 13.1 Å². The molecule has 0 radical (unpaired) electrons. The van der Waals surface area contributed by atoms with Crippen molar-refractivity contribution in [3.63, 3.8) is 0 Å². The number of benzene rings is 1. The zero-order chi connectivity index (χ0) is 14.5. The predicted molar refractivity (Wildman–Crippen MR) is 78.6 cm³/mol. The Bertz CT molecular complexity index is 510. The fraction of sp³-hybridized carbons (Fsp3) is 0.571. The second kappa shape index (κ2) is 7.03. The maximum absolute atomic E-state index is 12.2. The van der Waals surface area contributed by atoms with E-state index in [-0.39, 0.29) is 6.04 Å². The highest BCUT2D eigenvalue weighted by molar-refractivity contribution is 7.89. The molecule has 5 heteroatoms. The Hall–Kier alpha value is -0.910. The number of hydrogen-bond donors (Lipinski definition) is 2. The third-order valence-corrected chi connectivity index (χ3v) is 4.62. The summed E-state index contributed by atoms with van der Waals surface area (Å²) in [6, 6.07) is 5.31. The van der Waals surface area contributed by atoms with Crippen molar-refractivity contribution in [2.75, 3.05) is 6.54 Å². The average molecular weight is 284 g/mol. The summed E-state index contributed by atoms with van der Waals surface area (Å²) < 4.78 is 27.1. The standard InChI is InChI=1S/C14H24N2O2S/c1-5-9-15-10-13-7-6-8-14(12(13)4)19(17,18)16-11(2)3/h6-8,11,15-16H,5,9-10H2,1-4H3. The first-order valence-corrected chi connectivity index (χ1v) is 8.18. The van der Waals surface area contributed by atoms with E-state index in [0.717, 1.165) is 24.1 Å². The van der Waals surface area contributed by atoms with Crippen LogP contribution in [0, 0.1) is 6.92 Å². The molecule has 0 fully saturated rings. The van der Waals surface area contributed by atoms with Gasteiger partial charge in [-0.05, 0) is 50.9 Å². The smallest absolute Gasteiger partial charge is 0.241 e. The van der Waals surface area contributed by atoms with E-state index < -0.39 is 10.0 Å². The number of hydrogen-bond acceptors (Lipinski definition) is 3. The highest BCUT2D eigenvalue weighted by Gasteiger charge is 2.18. The molecule has 4 nitrogen and oxygen atoms in total. The summed E-state index contributed by atoms with van der Waals surface area (Å²) >= 11 is 0. The fourth-order valence-electron chi connectivity index (χ4n) is 1.92. The summed E-state index contributed by atoms with van der Waals surface area (Å²) in [5.41, 5.74) is 1.85. The molecule has 108 valence electrons. The fourth-order valence-corrected chi connectivity index (χ4v) is 3.46. The average Bonchev–Trinajstić information content (AvgIpc) is 2.29. The third-order valence-electron chi connectivity index (χ3n) is 2.82. The van der Waals surface area contributed by atoms with Crippen LogP contribution in [0.15, 0.2) is 23.1 Å². The molecule has 0 spiro atoms. The van der Waals surface area contributed by atoms with Crippen molar-refractivity contribution in [1.82, 2.24) is 10.0 Å². The molecule has 0 bridgehead atoms. The molecule has 0 amide bonds. The summed E-state index contributed by atoms with van der Waals surface area (Å²) in [5, 5.41) is 3.30. The highest BCUT2D eigenvalue weighted by atomic mass is 32.2. The summed E-state index contributed by atoms with van der Waals surface area (Å²) in [6.07, 6.45) is 1.06.